The number of nitriles is 1. The van der Waals surface area contributed by atoms with Crippen molar-refractivity contribution in [3.05, 3.63) is 0 Å². The molecule has 1 fully saturated rings. The fourth-order valence-electron chi connectivity index (χ4n) is 2.33. The summed E-state index contributed by atoms with van der Waals surface area (Å²) in [6, 6.07) is 1.01. The van der Waals surface area contributed by atoms with E-state index in [9.17, 15) is 13.2 Å². The SMILES string of the molecule is CC(C)(CC#N)CS(=O)(=O)N1CCCCC1C(=O)O. The van der Waals surface area contributed by atoms with Crippen LogP contribution in [0.3, 0.4) is 0 Å². The van der Waals surface area contributed by atoms with Crippen LogP contribution < -0.4 is 0 Å². The first kappa shape index (κ1) is 15.9. The van der Waals surface area contributed by atoms with Crippen LogP contribution in [0.1, 0.15) is 39.5 Å². The van der Waals surface area contributed by atoms with E-state index in [2.05, 4.69) is 0 Å². The Bertz CT molecular complexity index is 478. The lowest BCUT2D eigenvalue weighted by molar-refractivity contribution is -0.142. The summed E-state index contributed by atoms with van der Waals surface area (Å²) in [7, 11) is -3.66. The maximum Gasteiger partial charge on any atom is 0.322 e. The second kappa shape index (κ2) is 5.88. The summed E-state index contributed by atoms with van der Waals surface area (Å²) >= 11 is 0. The van der Waals surface area contributed by atoms with Crippen LogP contribution in [0.25, 0.3) is 0 Å². The van der Waals surface area contributed by atoms with E-state index in [1.54, 1.807) is 13.8 Å². The van der Waals surface area contributed by atoms with E-state index in [1.807, 2.05) is 6.07 Å². The minimum absolute atomic E-state index is 0.123. The van der Waals surface area contributed by atoms with Crippen molar-refractivity contribution in [1.29, 1.82) is 5.26 Å². The molecule has 1 unspecified atom stereocenters. The molecule has 19 heavy (non-hydrogen) atoms. The highest BCUT2D eigenvalue weighted by Crippen LogP contribution is 2.27. The Labute approximate surface area is 114 Å². The van der Waals surface area contributed by atoms with Crippen LogP contribution in [-0.2, 0) is 14.8 Å². The first-order valence-electron chi connectivity index (χ1n) is 6.29. The average molecular weight is 288 g/mol. The highest BCUT2D eigenvalue weighted by atomic mass is 32.2. The maximum atomic E-state index is 12.3. The van der Waals surface area contributed by atoms with Crippen molar-refractivity contribution in [3.63, 3.8) is 0 Å². The quantitative estimate of drug-likeness (QED) is 0.819. The molecule has 1 aliphatic heterocycles. The van der Waals surface area contributed by atoms with Gasteiger partial charge in [-0.05, 0) is 24.7 Å². The van der Waals surface area contributed by atoms with Gasteiger partial charge in [-0.25, -0.2) is 8.42 Å². The lowest BCUT2D eigenvalue weighted by atomic mass is 9.93. The zero-order valence-electron chi connectivity index (χ0n) is 11.3. The van der Waals surface area contributed by atoms with E-state index in [-0.39, 0.29) is 18.7 Å². The number of carboxylic acids is 1. The molecule has 0 aromatic carbocycles. The largest absolute Gasteiger partial charge is 0.480 e. The molecule has 0 spiro atoms. The highest BCUT2D eigenvalue weighted by molar-refractivity contribution is 7.89. The van der Waals surface area contributed by atoms with Crippen LogP contribution in [0.4, 0.5) is 0 Å². The number of hydrogen-bond acceptors (Lipinski definition) is 4. The standard InChI is InChI=1S/C12H20N2O4S/c1-12(2,6-7-13)9-19(17,18)14-8-4-3-5-10(14)11(15)16/h10H,3-6,8-9H2,1-2H3,(H,15,16). The van der Waals surface area contributed by atoms with Gasteiger partial charge in [-0.15, -0.1) is 0 Å². The van der Waals surface area contributed by atoms with Crippen molar-refractivity contribution in [1.82, 2.24) is 4.31 Å². The zero-order valence-corrected chi connectivity index (χ0v) is 12.1. The van der Waals surface area contributed by atoms with E-state index in [1.165, 1.54) is 0 Å². The second-order valence-corrected chi connectivity index (χ2v) is 7.64. The summed E-state index contributed by atoms with van der Waals surface area (Å²) in [6.45, 7) is 3.66. The molecule has 0 aromatic rings. The van der Waals surface area contributed by atoms with Crippen LogP contribution in [0.5, 0.6) is 0 Å². The number of aliphatic carboxylic acids is 1. The zero-order chi connectivity index (χ0) is 14.7. The van der Waals surface area contributed by atoms with Crippen LogP contribution in [-0.4, -0.2) is 42.1 Å². The lowest BCUT2D eigenvalue weighted by Gasteiger charge is -2.34. The van der Waals surface area contributed by atoms with Gasteiger partial charge in [0.05, 0.1) is 11.8 Å². The second-order valence-electron chi connectivity index (χ2n) is 5.72. The van der Waals surface area contributed by atoms with Gasteiger partial charge < -0.3 is 5.11 Å². The van der Waals surface area contributed by atoms with Gasteiger partial charge in [0.15, 0.2) is 0 Å². The Kier molecular flexibility index (Phi) is 4.93. The first-order valence-corrected chi connectivity index (χ1v) is 7.90. The normalized spacial score (nSPS) is 21.8. The number of carboxylic acid groups (broad SMARTS) is 1. The van der Waals surface area contributed by atoms with E-state index in [0.717, 1.165) is 10.7 Å². The van der Waals surface area contributed by atoms with Gasteiger partial charge in [-0.3, -0.25) is 4.79 Å². The monoisotopic (exact) mass is 288 g/mol. The summed E-state index contributed by atoms with van der Waals surface area (Å²) < 4.78 is 25.8. The van der Waals surface area contributed by atoms with Gasteiger partial charge in [0.25, 0.3) is 0 Å². The van der Waals surface area contributed by atoms with Crippen molar-refractivity contribution < 1.29 is 18.3 Å². The minimum Gasteiger partial charge on any atom is -0.480 e. The van der Waals surface area contributed by atoms with Gasteiger partial charge in [0, 0.05) is 13.0 Å². The number of carbonyl (C=O) groups is 1. The van der Waals surface area contributed by atoms with Crippen LogP contribution in [0.15, 0.2) is 0 Å². The predicted molar refractivity (Wildman–Crippen MR) is 69.8 cm³/mol. The van der Waals surface area contributed by atoms with Crippen molar-refractivity contribution in [3.8, 4) is 6.07 Å². The number of rotatable bonds is 5. The smallest absolute Gasteiger partial charge is 0.322 e. The molecule has 1 aliphatic rings. The van der Waals surface area contributed by atoms with E-state index in [4.69, 9.17) is 10.4 Å². The van der Waals surface area contributed by atoms with Crippen LogP contribution in [0, 0.1) is 16.7 Å². The molecule has 0 aliphatic carbocycles. The minimum atomic E-state index is -3.66. The van der Waals surface area contributed by atoms with Crippen LogP contribution in [0.2, 0.25) is 0 Å². The third-order valence-corrected chi connectivity index (χ3v) is 5.52. The van der Waals surface area contributed by atoms with Gasteiger partial charge in [0.2, 0.25) is 10.0 Å². The third-order valence-electron chi connectivity index (χ3n) is 3.23. The van der Waals surface area contributed by atoms with Crippen molar-refractivity contribution >= 4 is 16.0 Å². The molecule has 0 bridgehead atoms. The Morgan fingerprint density at radius 2 is 2.11 bits per heavy atom. The topological polar surface area (TPSA) is 98.5 Å². The summed E-state index contributed by atoms with van der Waals surface area (Å²) in [5.74, 6) is -1.29. The maximum absolute atomic E-state index is 12.3. The molecule has 0 amide bonds. The molecule has 1 rings (SSSR count). The Morgan fingerprint density at radius 1 is 1.47 bits per heavy atom. The highest BCUT2D eigenvalue weighted by Gasteiger charge is 2.39. The molecule has 1 saturated heterocycles. The molecule has 108 valence electrons. The first-order chi connectivity index (χ1) is 8.69. The Hall–Kier alpha value is -1.13. The molecule has 7 heteroatoms. The molecule has 1 heterocycles. The number of sulfonamides is 1. The van der Waals surface area contributed by atoms with E-state index in [0.29, 0.717) is 12.8 Å². The fraction of sp³-hybridized carbons (Fsp3) is 0.833. The third kappa shape index (κ3) is 4.18. The number of nitrogens with zero attached hydrogens (tertiary/aromatic N) is 2. The molecular formula is C12H20N2O4S. The average Bonchev–Trinajstić information content (AvgIpc) is 2.27. The summed E-state index contributed by atoms with van der Waals surface area (Å²) in [5, 5.41) is 17.8. The molecule has 0 aromatic heterocycles. The van der Waals surface area contributed by atoms with Gasteiger partial charge in [0.1, 0.15) is 6.04 Å². The summed E-state index contributed by atoms with van der Waals surface area (Å²) in [5.41, 5.74) is -0.673. The van der Waals surface area contributed by atoms with Crippen LogP contribution >= 0.6 is 0 Å². The molecule has 1 atom stereocenters. The fourth-order valence-corrected chi connectivity index (χ4v) is 4.57. The predicted octanol–water partition coefficient (Wildman–Crippen LogP) is 1.20. The van der Waals surface area contributed by atoms with E-state index >= 15 is 0 Å². The molecular weight excluding hydrogens is 268 g/mol. The Morgan fingerprint density at radius 3 is 2.63 bits per heavy atom. The molecule has 6 nitrogen and oxygen atoms in total. The Balaban J connectivity index is 2.92. The van der Waals surface area contributed by atoms with E-state index < -0.39 is 27.4 Å². The van der Waals surface area contributed by atoms with Gasteiger partial charge in [-0.1, -0.05) is 13.8 Å². The van der Waals surface area contributed by atoms with Gasteiger partial charge in [-0.2, -0.15) is 9.57 Å². The summed E-state index contributed by atoms with van der Waals surface area (Å²) in [6.07, 6.45) is 1.89. The molecule has 1 N–H and O–H groups in total. The van der Waals surface area contributed by atoms with Crippen molar-refractivity contribution in [2.75, 3.05) is 12.3 Å². The molecule has 0 radical (unpaired) electrons. The number of hydrogen-bond donors (Lipinski definition) is 1. The summed E-state index contributed by atoms with van der Waals surface area (Å²) in [4.78, 5) is 11.1. The van der Waals surface area contributed by atoms with Gasteiger partial charge >= 0.3 is 5.97 Å². The lowest BCUT2D eigenvalue weighted by Crippen LogP contribution is -2.50. The number of piperidine rings is 1. The molecule has 0 saturated carbocycles. The van der Waals surface area contributed by atoms with Crippen molar-refractivity contribution in [2.45, 2.75) is 45.6 Å². The van der Waals surface area contributed by atoms with Crippen molar-refractivity contribution in [2.24, 2.45) is 5.41 Å².